The van der Waals surface area contributed by atoms with Crippen LogP contribution < -0.4 is 5.73 Å². The highest BCUT2D eigenvalue weighted by Crippen LogP contribution is 2.08. The molecule has 2 unspecified atom stereocenters. The van der Waals surface area contributed by atoms with Crippen LogP contribution >= 0.6 is 0 Å². The van der Waals surface area contributed by atoms with Gasteiger partial charge in [0.05, 0.1) is 6.61 Å². The molecule has 0 aromatic carbocycles. The second-order valence-electron chi connectivity index (χ2n) is 4.46. The maximum absolute atomic E-state index is 11.4. The number of carbonyl (C=O) groups excluding carboxylic acids is 1. The van der Waals surface area contributed by atoms with E-state index in [4.69, 9.17) is 10.5 Å². The molecule has 1 heterocycles. The molecule has 1 rings (SSSR count). The Morgan fingerprint density at radius 1 is 1.56 bits per heavy atom. The Balaban J connectivity index is 2.38. The topological polar surface area (TPSA) is 58.8 Å². The first kappa shape index (κ1) is 13.4. The maximum atomic E-state index is 11.4. The summed E-state index contributed by atoms with van der Waals surface area (Å²) >= 11 is 0. The Hall–Kier alpha value is -0.650. The molecule has 0 radical (unpaired) electrons. The van der Waals surface area contributed by atoms with Crippen LogP contribution in [-0.2, 0) is 9.53 Å². The smallest absolute Gasteiger partial charge is 0.324 e. The second-order valence-corrected chi connectivity index (χ2v) is 4.46. The number of esters is 1. The Labute approximate surface area is 97.5 Å². The van der Waals surface area contributed by atoms with Crippen molar-refractivity contribution in [2.24, 2.45) is 5.73 Å². The first-order valence-electron chi connectivity index (χ1n) is 5.89. The van der Waals surface area contributed by atoms with E-state index in [-0.39, 0.29) is 5.97 Å². The van der Waals surface area contributed by atoms with E-state index in [2.05, 4.69) is 23.8 Å². The van der Waals surface area contributed by atoms with Crippen molar-refractivity contribution in [2.75, 3.05) is 39.8 Å². The number of carbonyl (C=O) groups is 1. The molecule has 1 fully saturated rings. The van der Waals surface area contributed by atoms with Crippen LogP contribution in [0.25, 0.3) is 0 Å². The van der Waals surface area contributed by atoms with Crippen molar-refractivity contribution in [3.63, 3.8) is 0 Å². The molecule has 0 spiro atoms. The summed E-state index contributed by atoms with van der Waals surface area (Å²) in [6.07, 6.45) is 0. The van der Waals surface area contributed by atoms with Gasteiger partial charge >= 0.3 is 5.97 Å². The number of hydrogen-bond acceptors (Lipinski definition) is 5. The van der Waals surface area contributed by atoms with Gasteiger partial charge in [-0.2, -0.15) is 0 Å². The van der Waals surface area contributed by atoms with Crippen molar-refractivity contribution in [3.05, 3.63) is 0 Å². The molecule has 0 aromatic heterocycles. The zero-order chi connectivity index (χ0) is 12.1. The van der Waals surface area contributed by atoms with Gasteiger partial charge in [0.2, 0.25) is 0 Å². The fraction of sp³-hybridized carbons (Fsp3) is 0.909. The maximum Gasteiger partial charge on any atom is 0.324 e. The van der Waals surface area contributed by atoms with E-state index in [0.29, 0.717) is 19.2 Å². The van der Waals surface area contributed by atoms with E-state index in [1.807, 2.05) is 0 Å². The summed E-state index contributed by atoms with van der Waals surface area (Å²) in [6, 6.07) is -0.0787. The van der Waals surface area contributed by atoms with Gasteiger partial charge in [0.15, 0.2) is 0 Å². The molecule has 0 amide bonds. The third-order valence-corrected chi connectivity index (χ3v) is 2.99. The highest BCUT2D eigenvalue weighted by atomic mass is 16.5. The first-order chi connectivity index (χ1) is 7.54. The van der Waals surface area contributed by atoms with E-state index in [1.165, 1.54) is 0 Å². The minimum atomic E-state index is -0.522. The van der Waals surface area contributed by atoms with Gasteiger partial charge in [0, 0.05) is 32.2 Å². The SMILES string of the molecule is CCOC(=O)C(N)CN1CCN(C)CC1C. The quantitative estimate of drug-likeness (QED) is 0.659. The Kier molecular flexibility index (Phi) is 5.18. The van der Waals surface area contributed by atoms with Gasteiger partial charge in [-0.05, 0) is 20.9 Å². The van der Waals surface area contributed by atoms with Crippen LogP contribution in [0.3, 0.4) is 0 Å². The van der Waals surface area contributed by atoms with Gasteiger partial charge in [0.25, 0.3) is 0 Å². The number of nitrogens with zero attached hydrogens (tertiary/aromatic N) is 2. The van der Waals surface area contributed by atoms with Crippen LogP contribution in [0.5, 0.6) is 0 Å². The minimum absolute atomic E-state index is 0.298. The van der Waals surface area contributed by atoms with Crippen LogP contribution in [0.15, 0.2) is 0 Å². The number of rotatable bonds is 4. The van der Waals surface area contributed by atoms with E-state index < -0.39 is 6.04 Å². The molecule has 1 aliphatic heterocycles. The molecule has 94 valence electrons. The molecular weight excluding hydrogens is 206 g/mol. The molecular formula is C11H23N3O2. The standard InChI is InChI=1S/C11H23N3O2/c1-4-16-11(15)10(12)8-14-6-5-13(3)7-9(14)2/h9-10H,4-8,12H2,1-3H3. The molecule has 16 heavy (non-hydrogen) atoms. The van der Waals surface area contributed by atoms with Gasteiger partial charge in [-0.25, -0.2) is 0 Å². The summed E-state index contributed by atoms with van der Waals surface area (Å²) in [6.45, 7) is 7.95. The molecule has 5 nitrogen and oxygen atoms in total. The van der Waals surface area contributed by atoms with Crippen molar-refractivity contribution < 1.29 is 9.53 Å². The largest absolute Gasteiger partial charge is 0.465 e. The summed E-state index contributed by atoms with van der Waals surface area (Å²) in [5, 5.41) is 0. The van der Waals surface area contributed by atoms with Gasteiger partial charge in [0.1, 0.15) is 6.04 Å². The Bertz CT molecular complexity index is 235. The molecule has 0 saturated carbocycles. The third-order valence-electron chi connectivity index (χ3n) is 2.99. The van der Waals surface area contributed by atoms with Gasteiger partial charge in [-0.15, -0.1) is 0 Å². The summed E-state index contributed by atoms with van der Waals surface area (Å²) in [5.74, 6) is -0.298. The monoisotopic (exact) mass is 229 g/mol. The summed E-state index contributed by atoms with van der Waals surface area (Å²) in [4.78, 5) is 15.9. The van der Waals surface area contributed by atoms with Crippen LogP contribution in [-0.4, -0.2) is 67.7 Å². The predicted octanol–water partition coefficient (Wildman–Crippen LogP) is -0.487. The Morgan fingerprint density at radius 3 is 2.81 bits per heavy atom. The predicted molar refractivity (Wildman–Crippen MR) is 63.1 cm³/mol. The lowest BCUT2D eigenvalue weighted by atomic mass is 10.1. The number of piperazine rings is 1. The van der Waals surface area contributed by atoms with Gasteiger partial charge in [-0.1, -0.05) is 0 Å². The van der Waals surface area contributed by atoms with Gasteiger partial charge in [-0.3, -0.25) is 9.69 Å². The lowest BCUT2D eigenvalue weighted by Gasteiger charge is -2.38. The molecule has 5 heteroatoms. The fourth-order valence-electron chi connectivity index (χ4n) is 2.03. The van der Waals surface area contributed by atoms with Crippen molar-refractivity contribution >= 4 is 5.97 Å². The highest BCUT2D eigenvalue weighted by molar-refractivity contribution is 5.75. The zero-order valence-electron chi connectivity index (χ0n) is 10.5. The number of ether oxygens (including phenoxy) is 1. The fourth-order valence-corrected chi connectivity index (χ4v) is 2.03. The molecule has 2 N–H and O–H groups in total. The van der Waals surface area contributed by atoms with Crippen LogP contribution in [0.4, 0.5) is 0 Å². The lowest BCUT2D eigenvalue weighted by molar-refractivity contribution is -0.145. The molecule has 0 bridgehead atoms. The third kappa shape index (κ3) is 3.73. The molecule has 1 aliphatic rings. The molecule has 2 atom stereocenters. The van der Waals surface area contributed by atoms with Crippen molar-refractivity contribution in [1.82, 2.24) is 9.80 Å². The molecule has 0 aromatic rings. The number of nitrogens with two attached hydrogens (primary N) is 1. The molecule has 0 aliphatic carbocycles. The average molecular weight is 229 g/mol. The van der Waals surface area contributed by atoms with E-state index in [1.54, 1.807) is 6.92 Å². The highest BCUT2D eigenvalue weighted by Gasteiger charge is 2.25. The van der Waals surface area contributed by atoms with E-state index >= 15 is 0 Å². The number of likely N-dealkylation sites (N-methyl/N-ethyl adjacent to an activating group) is 1. The first-order valence-corrected chi connectivity index (χ1v) is 5.89. The van der Waals surface area contributed by atoms with Gasteiger partial charge < -0.3 is 15.4 Å². The summed E-state index contributed by atoms with van der Waals surface area (Å²) < 4.78 is 4.90. The minimum Gasteiger partial charge on any atom is -0.465 e. The Morgan fingerprint density at radius 2 is 2.25 bits per heavy atom. The summed E-state index contributed by atoms with van der Waals surface area (Å²) in [7, 11) is 2.11. The van der Waals surface area contributed by atoms with Crippen LogP contribution in [0.1, 0.15) is 13.8 Å². The van der Waals surface area contributed by atoms with Crippen molar-refractivity contribution in [2.45, 2.75) is 25.9 Å². The lowest BCUT2D eigenvalue weighted by Crippen LogP contribution is -2.55. The van der Waals surface area contributed by atoms with Crippen molar-refractivity contribution in [3.8, 4) is 0 Å². The number of hydrogen-bond donors (Lipinski definition) is 1. The van der Waals surface area contributed by atoms with Crippen LogP contribution in [0.2, 0.25) is 0 Å². The normalized spacial score (nSPS) is 25.4. The zero-order valence-corrected chi connectivity index (χ0v) is 10.5. The average Bonchev–Trinajstić information content (AvgIpc) is 2.22. The van der Waals surface area contributed by atoms with E-state index in [0.717, 1.165) is 19.6 Å². The van der Waals surface area contributed by atoms with Crippen LogP contribution in [0, 0.1) is 0 Å². The summed E-state index contributed by atoms with van der Waals surface area (Å²) in [5.41, 5.74) is 5.80. The van der Waals surface area contributed by atoms with E-state index in [9.17, 15) is 4.79 Å². The van der Waals surface area contributed by atoms with Crippen molar-refractivity contribution in [1.29, 1.82) is 0 Å². The second kappa shape index (κ2) is 6.18. The molecule has 1 saturated heterocycles.